The molecular formula is C26H22F3NO3. The van der Waals surface area contributed by atoms with Crippen molar-refractivity contribution in [3.8, 4) is 11.5 Å². The zero-order chi connectivity index (χ0) is 24.1. The van der Waals surface area contributed by atoms with Crippen LogP contribution in [0.25, 0.3) is 33.2 Å². The predicted octanol–water partition coefficient (Wildman–Crippen LogP) is 5.27. The summed E-state index contributed by atoms with van der Waals surface area (Å²) in [6.45, 7) is 3.51. The van der Waals surface area contributed by atoms with Gasteiger partial charge in [0, 0.05) is 34.2 Å². The molecule has 0 spiro atoms. The Morgan fingerprint density at radius 3 is 2.06 bits per heavy atom. The van der Waals surface area contributed by atoms with E-state index in [1.807, 2.05) is 6.92 Å². The van der Waals surface area contributed by atoms with Crippen LogP contribution in [0.4, 0.5) is 18.9 Å². The number of fused-ring (bicyclic) bond motifs is 2. The number of hydrogen-bond acceptors (Lipinski definition) is 4. The Labute approximate surface area is 187 Å². The number of hydrogen-bond donors (Lipinski definition) is 3. The number of alkyl halides is 3. The minimum atomic E-state index is -4.56. The molecule has 0 atom stereocenters. The molecule has 0 aromatic heterocycles. The molecule has 4 aromatic rings. The smallest absolute Gasteiger partial charge is 0.416 e. The van der Waals surface area contributed by atoms with Gasteiger partial charge >= 0.3 is 6.18 Å². The number of hydroxylamine groups is 1. The fraction of sp³-hybridized carbons (Fsp3) is 0.154. The number of rotatable bonds is 2. The number of phenols is 2. The Morgan fingerprint density at radius 2 is 1.52 bits per heavy atom. The van der Waals surface area contributed by atoms with Crippen molar-refractivity contribution in [1.29, 1.82) is 0 Å². The summed E-state index contributed by atoms with van der Waals surface area (Å²) >= 11 is 0. The average molecular weight is 453 g/mol. The van der Waals surface area contributed by atoms with Gasteiger partial charge in [-0.3, -0.25) is 10.3 Å². The van der Waals surface area contributed by atoms with Gasteiger partial charge in [-0.05, 0) is 42.0 Å². The zero-order valence-electron chi connectivity index (χ0n) is 18.2. The first-order chi connectivity index (χ1) is 15.6. The lowest BCUT2D eigenvalue weighted by molar-refractivity contribution is -0.137. The first-order valence-electron chi connectivity index (χ1n) is 10.2. The molecule has 0 unspecified atom stereocenters. The third kappa shape index (κ3) is 3.64. The highest BCUT2D eigenvalue weighted by molar-refractivity contribution is 6.11. The van der Waals surface area contributed by atoms with Crippen LogP contribution in [0.3, 0.4) is 0 Å². The van der Waals surface area contributed by atoms with Gasteiger partial charge in [0.2, 0.25) is 0 Å². The maximum Gasteiger partial charge on any atom is 0.416 e. The van der Waals surface area contributed by atoms with Crippen molar-refractivity contribution in [2.45, 2.75) is 20.0 Å². The second-order valence-corrected chi connectivity index (χ2v) is 7.86. The Hall–Kier alpha value is -3.71. The highest BCUT2D eigenvalue weighted by atomic mass is 19.4. The van der Waals surface area contributed by atoms with Gasteiger partial charge in [-0.15, -0.1) is 0 Å². The third-order valence-electron chi connectivity index (χ3n) is 5.94. The standard InChI is InChI=1S/C26H22F3NO3/c1-4-15-9-11-18(23-22(15)24(31)19-7-5-6-8-20(19)25(23)32)14(2)17-12-10-16(26(27,28)29)13-21(17)30(3)33/h4-13,31-33H,1-3H3/b15-4+,18-14+. The van der Waals surface area contributed by atoms with Gasteiger partial charge in [-0.1, -0.05) is 48.5 Å². The molecule has 170 valence electrons. The molecule has 0 saturated heterocycles. The molecule has 0 aliphatic heterocycles. The van der Waals surface area contributed by atoms with Crippen molar-refractivity contribution in [1.82, 2.24) is 0 Å². The quantitative estimate of drug-likeness (QED) is 0.220. The molecule has 0 radical (unpaired) electrons. The van der Waals surface area contributed by atoms with Crippen LogP contribution in [-0.2, 0) is 6.18 Å². The molecule has 0 heterocycles. The van der Waals surface area contributed by atoms with Crippen molar-refractivity contribution in [3.05, 3.63) is 76.2 Å². The highest BCUT2D eigenvalue weighted by Gasteiger charge is 2.31. The number of phenolic OH excluding ortho intramolecular Hbond substituents is 2. The van der Waals surface area contributed by atoms with E-state index < -0.39 is 11.7 Å². The molecule has 0 amide bonds. The van der Waals surface area contributed by atoms with Crippen LogP contribution in [0, 0.1) is 0 Å². The molecule has 3 N–H and O–H groups in total. The molecule has 0 aliphatic rings. The van der Waals surface area contributed by atoms with Crippen molar-refractivity contribution < 1.29 is 28.6 Å². The van der Waals surface area contributed by atoms with E-state index in [-0.39, 0.29) is 17.2 Å². The fourth-order valence-electron chi connectivity index (χ4n) is 4.28. The Morgan fingerprint density at radius 1 is 0.909 bits per heavy atom. The molecule has 4 aromatic carbocycles. The van der Waals surface area contributed by atoms with E-state index in [0.29, 0.717) is 48.2 Å². The normalized spacial score (nSPS) is 13.6. The lowest BCUT2D eigenvalue weighted by Gasteiger charge is -2.19. The average Bonchev–Trinajstić information content (AvgIpc) is 2.80. The topological polar surface area (TPSA) is 63.9 Å². The van der Waals surface area contributed by atoms with Crippen molar-refractivity contribution in [3.63, 3.8) is 0 Å². The van der Waals surface area contributed by atoms with Gasteiger partial charge in [0.05, 0.1) is 11.3 Å². The Bertz CT molecular complexity index is 1520. The molecule has 0 aliphatic carbocycles. The monoisotopic (exact) mass is 453 g/mol. The van der Waals surface area contributed by atoms with E-state index in [4.69, 9.17) is 0 Å². The maximum atomic E-state index is 13.3. The lowest BCUT2D eigenvalue weighted by Crippen LogP contribution is -2.18. The molecule has 0 fully saturated rings. The summed E-state index contributed by atoms with van der Waals surface area (Å²) in [6.07, 6.45) is -2.76. The van der Waals surface area contributed by atoms with Crippen LogP contribution in [-0.4, -0.2) is 22.5 Å². The van der Waals surface area contributed by atoms with Crippen LogP contribution in [0.5, 0.6) is 11.5 Å². The number of halogens is 3. The molecule has 4 rings (SSSR count). The Kier molecular flexibility index (Phi) is 5.46. The summed E-state index contributed by atoms with van der Waals surface area (Å²) in [5.41, 5.74) is -0.0415. The second kappa shape index (κ2) is 8.01. The van der Waals surface area contributed by atoms with Gasteiger partial charge in [0.15, 0.2) is 0 Å². The van der Waals surface area contributed by atoms with Crippen LogP contribution in [0.1, 0.15) is 25.0 Å². The first-order valence-corrected chi connectivity index (χ1v) is 10.2. The summed E-state index contributed by atoms with van der Waals surface area (Å²) in [5.74, 6) is -0.0321. The van der Waals surface area contributed by atoms with Crippen LogP contribution in [0.2, 0.25) is 0 Å². The minimum Gasteiger partial charge on any atom is -0.507 e. The van der Waals surface area contributed by atoms with Crippen LogP contribution < -0.4 is 15.5 Å². The number of aromatic hydroxyl groups is 2. The van der Waals surface area contributed by atoms with E-state index >= 15 is 0 Å². The minimum absolute atomic E-state index is 0.00747. The zero-order valence-corrected chi connectivity index (χ0v) is 18.2. The summed E-state index contributed by atoms with van der Waals surface area (Å²) in [4.78, 5) is 0. The lowest BCUT2D eigenvalue weighted by atomic mass is 9.93. The third-order valence-corrected chi connectivity index (χ3v) is 5.94. The maximum absolute atomic E-state index is 13.3. The van der Waals surface area contributed by atoms with E-state index in [0.717, 1.165) is 12.1 Å². The molecule has 7 heteroatoms. The van der Waals surface area contributed by atoms with E-state index in [2.05, 4.69) is 0 Å². The second-order valence-electron chi connectivity index (χ2n) is 7.86. The Balaban J connectivity index is 2.20. The summed E-state index contributed by atoms with van der Waals surface area (Å²) in [5, 5.41) is 36.0. The molecule has 0 bridgehead atoms. The molecule has 33 heavy (non-hydrogen) atoms. The summed E-state index contributed by atoms with van der Waals surface area (Å²) in [7, 11) is 1.25. The number of nitrogens with zero attached hydrogens (tertiary/aromatic N) is 1. The van der Waals surface area contributed by atoms with Crippen molar-refractivity contribution >= 4 is 38.9 Å². The number of benzene rings is 4. The molecule has 0 saturated carbocycles. The highest BCUT2D eigenvalue weighted by Crippen LogP contribution is 2.39. The van der Waals surface area contributed by atoms with E-state index in [1.165, 1.54) is 13.1 Å². The fourth-order valence-corrected chi connectivity index (χ4v) is 4.28. The van der Waals surface area contributed by atoms with Crippen LogP contribution in [0.15, 0.2) is 54.6 Å². The summed E-state index contributed by atoms with van der Waals surface area (Å²) < 4.78 is 39.8. The van der Waals surface area contributed by atoms with Gasteiger partial charge in [0.1, 0.15) is 11.5 Å². The van der Waals surface area contributed by atoms with Crippen molar-refractivity contribution in [2.75, 3.05) is 12.1 Å². The first kappa shape index (κ1) is 22.5. The summed E-state index contributed by atoms with van der Waals surface area (Å²) in [6, 6.07) is 13.6. The molecule has 4 nitrogen and oxygen atoms in total. The van der Waals surface area contributed by atoms with Gasteiger partial charge in [-0.25, -0.2) is 0 Å². The predicted molar refractivity (Wildman–Crippen MR) is 124 cm³/mol. The van der Waals surface area contributed by atoms with Gasteiger partial charge < -0.3 is 10.2 Å². The molecular weight excluding hydrogens is 431 g/mol. The van der Waals surface area contributed by atoms with Crippen LogP contribution >= 0.6 is 0 Å². The van der Waals surface area contributed by atoms with E-state index in [1.54, 1.807) is 49.4 Å². The van der Waals surface area contributed by atoms with Gasteiger partial charge in [0.25, 0.3) is 0 Å². The van der Waals surface area contributed by atoms with Gasteiger partial charge in [-0.2, -0.15) is 13.2 Å². The number of anilines is 1. The SMILES string of the molecule is C/C=c1\cc/c(=C(/C)c2ccc(C(F)(F)F)cc2N(C)O)c2c(O)c3ccccc3c(O)c12. The van der Waals surface area contributed by atoms with Crippen molar-refractivity contribution in [2.24, 2.45) is 0 Å². The van der Waals surface area contributed by atoms with E-state index in [9.17, 15) is 28.6 Å². The largest absolute Gasteiger partial charge is 0.507 e.